The third-order valence-corrected chi connectivity index (χ3v) is 10.1. The van der Waals surface area contributed by atoms with Crippen LogP contribution >= 0.6 is 0 Å². The monoisotopic (exact) mass is 655 g/mol. The molecule has 2 heterocycles. The van der Waals surface area contributed by atoms with E-state index in [4.69, 9.17) is 9.40 Å². The highest BCUT2D eigenvalue weighted by molar-refractivity contribution is 6.10. The molecule has 10 rings (SSSR count). The molecule has 4 heteroatoms. The second kappa shape index (κ2) is 12.0. The zero-order valence-electron chi connectivity index (χ0n) is 27.9. The Kier molecular flexibility index (Phi) is 6.91. The van der Waals surface area contributed by atoms with Crippen molar-refractivity contribution in [3.05, 3.63) is 181 Å². The highest BCUT2D eigenvalue weighted by atomic mass is 16.3. The summed E-state index contributed by atoms with van der Waals surface area (Å²) in [5, 5.41) is 2.47. The average Bonchev–Trinajstić information content (AvgIpc) is 3.80. The molecule has 0 saturated carbocycles. The minimum atomic E-state index is 0.648. The van der Waals surface area contributed by atoms with Gasteiger partial charge in [0.25, 0.3) is 0 Å². The van der Waals surface area contributed by atoms with Gasteiger partial charge in [-0.3, -0.25) is 0 Å². The summed E-state index contributed by atoms with van der Waals surface area (Å²) in [5.74, 6) is 0.648. The van der Waals surface area contributed by atoms with Crippen LogP contribution in [0.15, 0.2) is 174 Å². The van der Waals surface area contributed by atoms with E-state index in [0.29, 0.717) is 5.89 Å². The molecular weight excluding hydrogens is 623 g/mol. The van der Waals surface area contributed by atoms with Gasteiger partial charge in [-0.1, -0.05) is 103 Å². The fraction of sp³-hybridized carbons (Fsp3) is 0.0426. The lowest BCUT2D eigenvalue weighted by Crippen LogP contribution is -2.10. The Balaban J connectivity index is 1.12. The van der Waals surface area contributed by atoms with Crippen LogP contribution in [0.3, 0.4) is 0 Å². The number of nitrogens with zero attached hydrogens (tertiary/aromatic N) is 3. The van der Waals surface area contributed by atoms with Gasteiger partial charge < -0.3 is 13.9 Å². The normalized spacial score (nSPS) is 12.5. The first-order valence-electron chi connectivity index (χ1n) is 17.5. The van der Waals surface area contributed by atoms with Crippen LogP contribution in [0.2, 0.25) is 0 Å². The van der Waals surface area contributed by atoms with Crippen LogP contribution in [-0.2, 0) is 6.42 Å². The van der Waals surface area contributed by atoms with E-state index in [9.17, 15) is 0 Å². The van der Waals surface area contributed by atoms with Crippen molar-refractivity contribution in [3.8, 4) is 28.3 Å². The molecular formula is C47H33N3O. The summed E-state index contributed by atoms with van der Waals surface area (Å²) in [6, 6.07) is 58.1. The molecule has 0 bridgehead atoms. The third kappa shape index (κ3) is 4.95. The van der Waals surface area contributed by atoms with Gasteiger partial charge >= 0.3 is 0 Å². The Hall–Kier alpha value is -6.65. The second-order valence-electron chi connectivity index (χ2n) is 13.1. The SMILES string of the molecule is C1=Cc2c(cc(-c3ccc(N(c4ccccc4)c4ccc5c6ccccc6n(-c6ccccc6)c5c4)cc3)c3oc(-c4ccccc4)nc23)CC1. The van der Waals surface area contributed by atoms with Crippen LogP contribution in [-0.4, -0.2) is 9.55 Å². The third-order valence-electron chi connectivity index (χ3n) is 10.1. The van der Waals surface area contributed by atoms with E-state index in [1.165, 1.54) is 32.9 Å². The number of hydrogen-bond donors (Lipinski definition) is 0. The first-order valence-corrected chi connectivity index (χ1v) is 17.5. The molecule has 7 aromatic carbocycles. The molecule has 242 valence electrons. The van der Waals surface area contributed by atoms with E-state index in [1.807, 2.05) is 18.2 Å². The summed E-state index contributed by atoms with van der Waals surface area (Å²) in [5.41, 5.74) is 14.1. The topological polar surface area (TPSA) is 34.2 Å². The quantitative estimate of drug-likeness (QED) is 0.179. The zero-order chi connectivity index (χ0) is 33.7. The largest absolute Gasteiger partial charge is 0.435 e. The molecule has 51 heavy (non-hydrogen) atoms. The van der Waals surface area contributed by atoms with Gasteiger partial charge in [0.2, 0.25) is 5.89 Å². The Bertz CT molecular complexity index is 2720. The van der Waals surface area contributed by atoms with Crippen molar-refractivity contribution in [2.24, 2.45) is 0 Å². The molecule has 0 radical (unpaired) electrons. The van der Waals surface area contributed by atoms with E-state index in [1.54, 1.807) is 0 Å². The molecule has 0 N–H and O–H groups in total. The molecule has 0 aliphatic heterocycles. The van der Waals surface area contributed by atoms with E-state index < -0.39 is 0 Å². The highest BCUT2D eigenvalue weighted by Gasteiger charge is 2.22. The standard InChI is InChI=1S/C47H33N3O/c1-4-14-33(15-5-1)47-48-45-39-21-11-10-16-34(39)30-42(46(45)51-47)32-24-26-37(27-25-32)49(35-17-6-2-7-18-35)38-28-29-41-40-22-12-13-23-43(40)50(44(41)31-38)36-19-8-3-9-20-36/h1-9,11-15,17-31H,10,16H2. The highest BCUT2D eigenvalue weighted by Crippen LogP contribution is 2.42. The molecule has 4 nitrogen and oxygen atoms in total. The maximum atomic E-state index is 6.58. The Morgan fingerprint density at radius 2 is 1.24 bits per heavy atom. The molecule has 9 aromatic rings. The van der Waals surface area contributed by atoms with Crippen molar-refractivity contribution in [1.29, 1.82) is 0 Å². The van der Waals surface area contributed by atoms with Gasteiger partial charge in [-0.2, -0.15) is 0 Å². The van der Waals surface area contributed by atoms with E-state index in [-0.39, 0.29) is 0 Å². The number of para-hydroxylation sites is 3. The first kappa shape index (κ1) is 29.3. The van der Waals surface area contributed by atoms with E-state index in [0.717, 1.165) is 63.4 Å². The van der Waals surface area contributed by atoms with Crippen LogP contribution in [0.4, 0.5) is 17.1 Å². The van der Waals surface area contributed by atoms with Crippen LogP contribution in [0.5, 0.6) is 0 Å². The molecule has 0 fully saturated rings. The predicted molar refractivity (Wildman–Crippen MR) is 211 cm³/mol. The van der Waals surface area contributed by atoms with Gasteiger partial charge in [0.05, 0.1) is 11.0 Å². The lowest BCUT2D eigenvalue weighted by molar-refractivity contribution is 0.620. The Labute approximate surface area is 296 Å². The summed E-state index contributed by atoms with van der Waals surface area (Å²) in [6.45, 7) is 0. The number of rotatable bonds is 6. The van der Waals surface area contributed by atoms with Gasteiger partial charge in [-0.15, -0.1) is 0 Å². The number of aromatic nitrogens is 2. The molecule has 0 unspecified atom stereocenters. The van der Waals surface area contributed by atoms with Gasteiger partial charge in [-0.25, -0.2) is 4.98 Å². The van der Waals surface area contributed by atoms with Gasteiger partial charge in [0.1, 0.15) is 5.52 Å². The predicted octanol–water partition coefficient (Wildman–Crippen LogP) is 12.7. The molecule has 0 amide bonds. The van der Waals surface area contributed by atoms with E-state index >= 15 is 0 Å². The van der Waals surface area contributed by atoms with Crippen molar-refractivity contribution < 1.29 is 4.42 Å². The lowest BCUT2D eigenvalue weighted by atomic mass is 9.91. The van der Waals surface area contributed by atoms with Gasteiger partial charge in [0.15, 0.2) is 5.58 Å². The number of benzene rings is 7. The first-order chi connectivity index (χ1) is 25.3. The number of fused-ring (bicyclic) bond motifs is 6. The fourth-order valence-corrected chi connectivity index (χ4v) is 7.67. The van der Waals surface area contributed by atoms with Crippen LogP contribution < -0.4 is 4.90 Å². The smallest absolute Gasteiger partial charge is 0.227 e. The summed E-state index contributed by atoms with van der Waals surface area (Å²) in [4.78, 5) is 7.39. The van der Waals surface area contributed by atoms with Crippen LogP contribution in [0.1, 0.15) is 17.5 Å². The van der Waals surface area contributed by atoms with Crippen molar-refractivity contribution in [3.63, 3.8) is 0 Å². The number of oxazole rings is 1. The maximum absolute atomic E-state index is 6.58. The minimum absolute atomic E-state index is 0.648. The second-order valence-corrected chi connectivity index (χ2v) is 13.1. The molecule has 0 saturated heterocycles. The number of hydrogen-bond acceptors (Lipinski definition) is 3. The maximum Gasteiger partial charge on any atom is 0.227 e. The van der Waals surface area contributed by atoms with Crippen LogP contribution in [0.25, 0.3) is 67.3 Å². The summed E-state index contributed by atoms with van der Waals surface area (Å²) < 4.78 is 8.95. The molecule has 1 aliphatic rings. The van der Waals surface area contributed by atoms with Crippen molar-refractivity contribution in [2.45, 2.75) is 12.8 Å². The summed E-state index contributed by atoms with van der Waals surface area (Å²) in [6.07, 6.45) is 6.46. The number of anilines is 3. The molecule has 1 aliphatic carbocycles. The lowest BCUT2D eigenvalue weighted by Gasteiger charge is -2.26. The minimum Gasteiger partial charge on any atom is -0.435 e. The fourth-order valence-electron chi connectivity index (χ4n) is 7.67. The number of aryl methyl sites for hydroxylation is 1. The Morgan fingerprint density at radius 1 is 0.569 bits per heavy atom. The molecule has 2 aromatic heterocycles. The van der Waals surface area contributed by atoms with Crippen molar-refractivity contribution >= 4 is 56.0 Å². The van der Waals surface area contributed by atoms with Crippen LogP contribution in [0, 0.1) is 0 Å². The summed E-state index contributed by atoms with van der Waals surface area (Å²) in [7, 11) is 0. The average molecular weight is 656 g/mol. The van der Waals surface area contributed by atoms with E-state index in [2.05, 4.69) is 167 Å². The van der Waals surface area contributed by atoms with Gasteiger partial charge in [-0.05, 0) is 96.8 Å². The van der Waals surface area contributed by atoms with Gasteiger partial charge in [0, 0.05) is 50.2 Å². The zero-order valence-corrected chi connectivity index (χ0v) is 27.9. The van der Waals surface area contributed by atoms with Crippen molar-refractivity contribution in [2.75, 3.05) is 4.90 Å². The summed E-state index contributed by atoms with van der Waals surface area (Å²) >= 11 is 0. The van der Waals surface area contributed by atoms with Crippen molar-refractivity contribution in [1.82, 2.24) is 9.55 Å². The Morgan fingerprint density at radius 3 is 2.04 bits per heavy atom. The molecule has 0 spiro atoms. The number of allylic oxidation sites excluding steroid dienone is 1. The molecule has 0 atom stereocenters.